The monoisotopic (exact) mass is 396 g/mol. The lowest BCUT2D eigenvalue weighted by Crippen LogP contribution is -2.52. The van der Waals surface area contributed by atoms with Gasteiger partial charge < -0.3 is 9.47 Å². The van der Waals surface area contributed by atoms with E-state index >= 15 is 0 Å². The zero-order valence-corrected chi connectivity index (χ0v) is 11.7. The summed E-state index contributed by atoms with van der Waals surface area (Å²) in [5, 5.41) is 0. The minimum atomic E-state index is -0.0636. The van der Waals surface area contributed by atoms with Crippen molar-refractivity contribution in [3.05, 3.63) is 0 Å². The molecule has 72 valence electrons. The van der Waals surface area contributed by atoms with Gasteiger partial charge in [0.2, 0.25) is 0 Å². The average molecular weight is 396 g/mol. The van der Waals surface area contributed by atoms with Crippen molar-refractivity contribution in [2.24, 2.45) is 0 Å². The molecule has 1 rings (SSSR count). The Morgan fingerprint density at radius 3 is 1.50 bits per heavy atom. The molecule has 2 atom stereocenters. The van der Waals surface area contributed by atoms with Gasteiger partial charge in [-0.3, -0.25) is 0 Å². The molecule has 0 radical (unpaired) electrons. The molecule has 0 N–H and O–H groups in total. The molecule has 0 aromatic carbocycles. The maximum Gasteiger partial charge on any atom is 0.0977 e. The summed E-state index contributed by atoms with van der Waals surface area (Å²) >= 11 is 4.68. The van der Waals surface area contributed by atoms with E-state index in [1.54, 1.807) is 0 Å². The Morgan fingerprint density at radius 1 is 1.00 bits per heavy atom. The van der Waals surface area contributed by atoms with Gasteiger partial charge in [-0.1, -0.05) is 45.2 Å². The SMILES string of the molecule is C[C@]1(CI)CO[C@](C)(CI)CO1. The number of halogens is 2. The molecule has 0 aromatic heterocycles. The summed E-state index contributed by atoms with van der Waals surface area (Å²) < 4.78 is 13.5. The van der Waals surface area contributed by atoms with Gasteiger partial charge in [0.15, 0.2) is 0 Å². The zero-order chi connectivity index (χ0) is 9.24. The second kappa shape index (κ2) is 4.27. The van der Waals surface area contributed by atoms with E-state index in [2.05, 4.69) is 59.0 Å². The molecule has 1 heterocycles. The van der Waals surface area contributed by atoms with Crippen LogP contribution in [-0.2, 0) is 9.47 Å². The molecule has 2 nitrogen and oxygen atoms in total. The molecule has 12 heavy (non-hydrogen) atoms. The van der Waals surface area contributed by atoms with Crippen LogP contribution in [0.25, 0.3) is 0 Å². The van der Waals surface area contributed by atoms with Gasteiger partial charge in [-0.15, -0.1) is 0 Å². The summed E-state index contributed by atoms with van der Waals surface area (Å²) in [5.74, 6) is 0. The van der Waals surface area contributed by atoms with Gasteiger partial charge in [-0.05, 0) is 13.8 Å². The fourth-order valence-electron chi connectivity index (χ4n) is 0.891. The lowest BCUT2D eigenvalue weighted by Gasteiger charge is -2.41. The van der Waals surface area contributed by atoms with E-state index in [1.165, 1.54) is 0 Å². The van der Waals surface area contributed by atoms with E-state index in [-0.39, 0.29) is 11.2 Å². The summed E-state index contributed by atoms with van der Waals surface area (Å²) in [6, 6.07) is 0. The molecular weight excluding hydrogens is 382 g/mol. The summed E-state index contributed by atoms with van der Waals surface area (Å²) in [4.78, 5) is 0. The highest BCUT2D eigenvalue weighted by atomic mass is 127. The van der Waals surface area contributed by atoms with Gasteiger partial charge in [0.1, 0.15) is 0 Å². The Kier molecular flexibility index (Phi) is 4.07. The molecule has 0 saturated carbocycles. The van der Waals surface area contributed by atoms with Gasteiger partial charge in [0.25, 0.3) is 0 Å². The fraction of sp³-hybridized carbons (Fsp3) is 1.00. The highest BCUT2D eigenvalue weighted by molar-refractivity contribution is 14.1. The molecule has 0 bridgehead atoms. The highest BCUT2D eigenvalue weighted by Crippen LogP contribution is 2.27. The minimum absolute atomic E-state index is 0.0636. The first-order valence-corrected chi connectivity index (χ1v) is 6.99. The molecule has 0 aliphatic carbocycles. The normalized spacial score (nSPS) is 43.0. The van der Waals surface area contributed by atoms with Crippen LogP contribution in [0.1, 0.15) is 13.8 Å². The van der Waals surface area contributed by atoms with Gasteiger partial charge in [-0.2, -0.15) is 0 Å². The maximum absolute atomic E-state index is 5.78. The van der Waals surface area contributed by atoms with Crippen LogP contribution in [0.4, 0.5) is 0 Å². The first-order chi connectivity index (χ1) is 5.54. The van der Waals surface area contributed by atoms with Crippen molar-refractivity contribution in [2.45, 2.75) is 25.0 Å². The van der Waals surface area contributed by atoms with Crippen molar-refractivity contribution < 1.29 is 9.47 Å². The molecule has 1 aliphatic heterocycles. The summed E-state index contributed by atoms with van der Waals surface area (Å²) in [6.07, 6.45) is 0. The summed E-state index contributed by atoms with van der Waals surface area (Å²) in [7, 11) is 0. The van der Waals surface area contributed by atoms with E-state index in [9.17, 15) is 0 Å². The van der Waals surface area contributed by atoms with Crippen LogP contribution in [0.15, 0.2) is 0 Å². The molecule has 1 saturated heterocycles. The van der Waals surface area contributed by atoms with E-state index in [1.807, 2.05) is 0 Å². The predicted molar refractivity (Wildman–Crippen MR) is 66.5 cm³/mol. The van der Waals surface area contributed by atoms with Gasteiger partial charge in [-0.25, -0.2) is 0 Å². The number of rotatable bonds is 2. The van der Waals surface area contributed by atoms with Crippen LogP contribution >= 0.6 is 45.2 Å². The van der Waals surface area contributed by atoms with Crippen molar-refractivity contribution >= 4 is 45.2 Å². The topological polar surface area (TPSA) is 18.5 Å². The third-order valence-electron chi connectivity index (χ3n) is 2.02. The predicted octanol–water partition coefficient (Wildman–Crippen LogP) is 2.42. The second-order valence-corrected chi connectivity index (χ2v) is 5.27. The van der Waals surface area contributed by atoms with Crippen LogP contribution in [0, 0.1) is 0 Å². The van der Waals surface area contributed by atoms with Crippen LogP contribution in [0.3, 0.4) is 0 Å². The third-order valence-corrected chi connectivity index (χ3v) is 5.24. The Balaban J connectivity index is 2.49. The van der Waals surface area contributed by atoms with Gasteiger partial charge >= 0.3 is 0 Å². The summed E-state index contributed by atoms with van der Waals surface area (Å²) in [5.41, 5.74) is -0.127. The van der Waals surface area contributed by atoms with Crippen LogP contribution in [-0.4, -0.2) is 33.3 Å². The molecule has 0 unspecified atom stereocenters. The summed E-state index contributed by atoms with van der Waals surface area (Å²) in [6.45, 7) is 5.64. The minimum Gasteiger partial charge on any atom is -0.369 e. The Hall–Kier alpha value is 1.38. The lowest BCUT2D eigenvalue weighted by molar-refractivity contribution is -0.204. The fourth-order valence-corrected chi connectivity index (χ4v) is 1.77. The van der Waals surface area contributed by atoms with E-state index < -0.39 is 0 Å². The molecule has 0 aromatic rings. The third kappa shape index (κ3) is 2.68. The molecule has 4 heteroatoms. The molecule has 1 aliphatic rings. The van der Waals surface area contributed by atoms with E-state index in [0.717, 1.165) is 22.1 Å². The smallest absolute Gasteiger partial charge is 0.0977 e. The van der Waals surface area contributed by atoms with Gasteiger partial charge in [0.05, 0.1) is 24.4 Å². The Morgan fingerprint density at radius 2 is 1.33 bits per heavy atom. The number of hydrogen-bond donors (Lipinski definition) is 0. The van der Waals surface area contributed by atoms with Gasteiger partial charge in [0, 0.05) is 8.86 Å². The largest absolute Gasteiger partial charge is 0.369 e. The lowest BCUT2D eigenvalue weighted by atomic mass is 10.1. The Bertz CT molecular complexity index is 135. The van der Waals surface area contributed by atoms with E-state index in [0.29, 0.717) is 0 Å². The second-order valence-electron chi connectivity index (χ2n) is 3.74. The first kappa shape index (κ1) is 11.5. The average Bonchev–Trinajstić information content (AvgIpc) is 2.11. The molecule has 0 spiro atoms. The van der Waals surface area contributed by atoms with Crippen molar-refractivity contribution in [2.75, 3.05) is 22.1 Å². The van der Waals surface area contributed by atoms with Crippen LogP contribution in [0.2, 0.25) is 0 Å². The Labute approximate surface area is 101 Å². The van der Waals surface area contributed by atoms with Crippen molar-refractivity contribution in [1.29, 1.82) is 0 Å². The van der Waals surface area contributed by atoms with Crippen molar-refractivity contribution in [1.82, 2.24) is 0 Å². The van der Waals surface area contributed by atoms with Crippen molar-refractivity contribution in [3.8, 4) is 0 Å². The molecular formula is C8H14I2O2. The molecule has 0 amide bonds. The first-order valence-electron chi connectivity index (χ1n) is 3.93. The van der Waals surface area contributed by atoms with Crippen LogP contribution < -0.4 is 0 Å². The highest BCUT2D eigenvalue weighted by Gasteiger charge is 2.37. The maximum atomic E-state index is 5.78. The number of hydrogen-bond acceptors (Lipinski definition) is 2. The quantitative estimate of drug-likeness (QED) is 0.528. The van der Waals surface area contributed by atoms with Crippen LogP contribution in [0.5, 0.6) is 0 Å². The number of alkyl halides is 2. The van der Waals surface area contributed by atoms with E-state index in [4.69, 9.17) is 9.47 Å². The number of ether oxygens (including phenoxy) is 2. The standard InChI is InChI=1S/C8H14I2O2/c1-7(3-9)5-12-8(2,4-10)6-11-7/h3-6H2,1-2H3/t7-,8+. The van der Waals surface area contributed by atoms with Crippen molar-refractivity contribution in [3.63, 3.8) is 0 Å². The molecule has 1 fully saturated rings. The zero-order valence-electron chi connectivity index (χ0n) is 7.40.